The highest BCUT2D eigenvalue weighted by molar-refractivity contribution is 7.86. The summed E-state index contributed by atoms with van der Waals surface area (Å²) in [5, 5.41) is 0. The molecule has 2 fully saturated rings. The first kappa shape index (κ1) is 25.2. The molecule has 0 N–H and O–H groups in total. The molecule has 2 heterocycles. The van der Waals surface area contributed by atoms with Gasteiger partial charge in [0.1, 0.15) is 5.75 Å². The molecule has 0 bridgehead atoms. The average Bonchev–Trinajstić information content (AvgIpc) is 2.88. The molecule has 188 valence electrons. The summed E-state index contributed by atoms with van der Waals surface area (Å²) in [5.41, 5.74) is 0.994. The SMILES string of the molecule is COc1ccccc1N1CCN(C(CCOS(=O)(=O)c2ccccc2)N2C(=O)CCCC2=O)CC1. The van der Waals surface area contributed by atoms with E-state index in [2.05, 4.69) is 9.80 Å². The van der Waals surface area contributed by atoms with E-state index in [0.29, 0.717) is 45.4 Å². The van der Waals surface area contributed by atoms with Crippen LogP contribution in [0.15, 0.2) is 59.5 Å². The number of hydrogen-bond donors (Lipinski definition) is 0. The number of carbonyl (C=O) groups is 2. The lowest BCUT2D eigenvalue weighted by atomic mass is 10.1. The first-order valence-electron chi connectivity index (χ1n) is 11.8. The van der Waals surface area contributed by atoms with Crippen LogP contribution in [-0.2, 0) is 23.9 Å². The lowest BCUT2D eigenvalue weighted by molar-refractivity contribution is -0.156. The van der Waals surface area contributed by atoms with Gasteiger partial charge in [-0.25, -0.2) is 0 Å². The highest BCUT2D eigenvalue weighted by Crippen LogP contribution is 2.29. The van der Waals surface area contributed by atoms with Crippen molar-refractivity contribution in [2.24, 2.45) is 0 Å². The number of piperazine rings is 1. The maximum absolute atomic E-state index is 12.7. The third-order valence-corrected chi connectivity index (χ3v) is 7.75. The molecule has 4 rings (SSSR count). The first-order chi connectivity index (χ1) is 16.9. The Morgan fingerprint density at radius 3 is 2.17 bits per heavy atom. The van der Waals surface area contributed by atoms with Gasteiger partial charge in [0.15, 0.2) is 0 Å². The molecule has 2 aliphatic rings. The van der Waals surface area contributed by atoms with Crippen molar-refractivity contribution in [1.29, 1.82) is 0 Å². The second-order valence-corrected chi connectivity index (χ2v) is 10.2. The summed E-state index contributed by atoms with van der Waals surface area (Å²) >= 11 is 0. The van der Waals surface area contributed by atoms with Gasteiger partial charge in [-0.1, -0.05) is 30.3 Å². The van der Waals surface area contributed by atoms with Crippen LogP contribution >= 0.6 is 0 Å². The number of benzene rings is 2. The summed E-state index contributed by atoms with van der Waals surface area (Å²) in [5.74, 6) is 0.354. The topological polar surface area (TPSA) is 96.5 Å². The largest absolute Gasteiger partial charge is 0.495 e. The fourth-order valence-corrected chi connectivity index (χ4v) is 5.59. The van der Waals surface area contributed by atoms with E-state index in [9.17, 15) is 18.0 Å². The van der Waals surface area contributed by atoms with E-state index in [4.69, 9.17) is 8.92 Å². The molecule has 2 aromatic rings. The molecule has 9 nitrogen and oxygen atoms in total. The van der Waals surface area contributed by atoms with Crippen molar-refractivity contribution >= 4 is 27.6 Å². The number of nitrogens with zero attached hydrogens (tertiary/aromatic N) is 3. The van der Waals surface area contributed by atoms with E-state index in [1.807, 2.05) is 24.3 Å². The van der Waals surface area contributed by atoms with Gasteiger partial charge in [0.25, 0.3) is 10.1 Å². The van der Waals surface area contributed by atoms with E-state index in [1.165, 1.54) is 17.0 Å². The Kier molecular flexibility index (Phi) is 8.04. The summed E-state index contributed by atoms with van der Waals surface area (Å²) in [6.45, 7) is 2.43. The normalized spacial score (nSPS) is 18.5. The van der Waals surface area contributed by atoms with E-state index in [-0.39, 0.29) is 29.7 Å². The third-order valence-electron chi connectivity index (χ3n) is 6.42. The van der Waals surface area contributed by atoms with Gasteiger partial charge in [-0.15, -0.1) is 0 Å². The van der Waals surface area contributed by atoms with Crippen LogP contribution in [-0.4, -0.2) is 76.1 Å². The molecule has 0 spiro atoms. The molecule has 2 aromatic carbocycles. The van der Waals surface area contributed by atoms with Crippen LogP contribution in [0, 0.1) is 0 Å². The fraction of sp³-hybridized carbons (Fsp3) is 0.440. The number of rotatable bonds is 9. The van der Waals surface area contributed by atoms with Crippen molar-refractivity contribution in [2.45, 2.75) is 36.7 Å². The summed E-state index contributed by atoms with van der Waals surface area (Å²) in [6.07, 6.45) is 0.819. The molecule has 35 heavy (non-hydrogen) atoms. The van der Waals surface area contributed by atoms with Crippen LogP contribution in [0.5, 0.6) is 5.75 Å². The van der Waals surface area contributed by atoms with Gasteiger partial charge >= 0.3 is 0 Å². The van der Waals surface area contributed by atoms with Gasteiger partial charge in [0, 0.05) is 45.4 Å². The third kappa shape index (κ3) is 5.83. The van der Waals surface area contributed by atoms with Crippen LogP contribution in [0.2, 0.25) is 0 Å². The van der Waals surface area contributed by atoms with Crippen LogP contribution in [0.1, 0.15) is 25.7 Å². The van der Waals surface area contributed by atoms with Gasteiger partial charge in [-0.2, -0.15) is 8.42 Å². The number of methoxy groups -OCH3 is 1. The van der Waals surface area contributed by atoms with E-state index in [1.54, 1.807) is 25.3 Å². The monoisotopic (exact) mass is 501 g/mol. The van der Waals surface area contributed by atoms with Gasteiger partial charge in [0.05, 0.1) is 30.5 Å². The maximum Gasteiger partial charge on any atom is 0.296 e. The molecule has 1 atom stereocenters. The van der Waals surface area contributed by atoms with Gasteiger partial charge in [0.2, 0.25) is 11.8 Å². The summed E-state index contributed by atoms with van der Waals surface area (Å²) < 4.78 is 35.9. The van der Waals surface area contributed by atoms with Gasteiger partial charge in [-0.05, 0) is 30.7 Å². The number of amides is 2. The molecule has 2 amide bonds. The van der Waals surface area contributed by atoms with Crippen LogP contribution in [0.4, 0.5) is 5.69 Å². The lowest BCUT2D eigenvalue weighted by Gasteiger charge is -2.44. The van der Waals surface area contributed by atoms with E-state index in [0.717, 1.165) is 11.4 Å². The van der Waals surface area contributed by atoms with Gasteiger partial charge < -0.3 is 9.64 Å². The van der Waals surface area contributed by atoms with Crippen molar-refractivity contribution in [3.8, 4) is 5.75 Å². The zero-order chi connectivity index (χ0) is 24.8. The number of piperidine rings is 1. The molecule has 10 heteroatoms. The second kappa shape index (κ2) is 11.2. The number of hydrogen-bond acceptors (Lipinski definition) is 8. The minimum Gasteiger partial charge on any atom is -0.495 e. The van der Waals surface area contributed by atoms with Gasteiger partial charge in [-0.3, -0.25) is 23.6 Å². The number of likely N-dealkylation sites (tertiary alicyclic amines) is 1. The highest BCUT2D eigenvalue weighted by Gasteiger charge is 2.37. The minimum absolute atomic E-state index is 0.0760. The minimum atomic E-state index is -3.93. The Bertz CT molecular complexity index is 1120. The number of imide groups is 1. The molecular formula is C25H31N3O6S. The summed E-state index contributed by atoms with van der Waals surface area (Å²) in [7, 11) is -2.28. The number of para-hydroxylation sites is 2. The van der Waals surface area contributed by atoms with Crippen LogP contribution < -0.4 is 9.64 Å². The van der Waals surface area contributed by atoms with Crippen LogP contribution in [0.25, 0.3) is 0 Å². The standard InChI is InChI=1S/C25H31N3O6S/c1-33-22-11-6-5-10-21(22)26-15-17-27(18-16-26)23(28-24(29)12-7-13-25(28)30)14-19-34-35(31,32)20-8-3-2-4-9-20/h2-6,8-11,23H,7,12-19H2,1H3. The summed E-state index contributed by atoms with van der Waals surface area (Å²) in [4.78, 5) is 31.1. The quantitative estimate of drug-likeness (QED) is 0.382. The Labute approximate surface area is 206 Å². The number of anilines is 1. The molecule has 0 radical (unpaired) electrons. The Morgan fingerprint density at radius 2 is 1.51 bits per heavy atom. The van der Waals surface area contributed by atoms with Crippen LogP contribution in [0.3, 0.4) is 0 Å². The maximum atomic E-state index is 12.7. The molecule has 0 aromatic heterocycles. The molecule has 0 saturated carbocycles. The predicted molar refractivity (Wildman–Crippen MR) is 130 cm³/mol. The molecule has 2 saturated heterocycles. The Balaban J connectivity index is 1.46. The van der Waals surface area contributed by atoms with Crippen molar-refractivity contribution in [3.05, 3.63) is 54.6 Å². The van der Waals surface area contributed by atoms with E-state index < -0.39 is 16.3 Å². The molecule has 0 aliphatic carbocycles. The van der Waals surface area contributed by atoms with Crippen molar-refractivity contribution in [3.63, 3.8) is 0 Å². The molecule has 1 unspecified atom stereocenters. The second-order valence-electron chi connectivity index (χ2n) is 8.56. The average molecular weight is 502 g/mol. The first-order valence-corrected chi connectivity index (χ1v) is 13.2. The Morgan fingerprint density at radius 1 is 0.886 bits per heavy atom. The fourth-order valence-electron chi connectivity index (χ4n) is 4.65. The summed E-state index contributed by atoms with van der Waals surface area (Å²) in [6, 6.07) is 15.7. The number of ether oxygens (including phenoxy) is 1. The highest BCUT2D eigenvalue weighted by atomic mass is 32.2. The number of carbonyl (C=O) groups excluding carboxylic acids is 2. The van der Waals surface area contributed by atoms with Crippen molar-refractivity contribution in [2.75, 3.05) is 44.8 Å². The predicted octanol–water partition coefficient (Wildman–Crippen LogP) is 2.48. The smallest absolute Gasteiger partial charge is 0.296 e. The molecular weight excluding hydrogens is 470 g/mol. The van der Waals surface area contributed by atoms with Crippen molar-refractivity contribution in [1.82, 2.24) is 9.80 Å². The van der Waals surface area contributed by atoms with Crippen molar-refractivity contribution < 1.29 is 26.9 Å². The zero-order valence-corrected chi connectivity index (χ0v) is 20.7. The zero-order valence-electron chi connectivity index (χ0n) is 19.8. The Hall–Kier alpha value is -2.95. The van der Waals surface area contributed by atoms with E-state index >= 15 is 0 Å². The molecule has 2 aliphatic heterocycles. The lowest BCUT2D eigenvalue weighted by Crippen LogP contribution is -2.60.